The number of fused-ring (bicyclic) bond motifs is 1. The minimum absolute atomic E-state index is 0.0956. The van der Waals surface area contributed by atoms with Crippen molar-refractivity contribution in [2.24, 2.45) is 0 Å². The zero-order chi connectivity index (χ0) is 24.4. The van der Waals surface area contributed by atoms with E-state index in [4.69, 9.17) is 4.74 Å². The first-order chi connectivity index (χ1) is 16.3. The SMILES string of the molecule is CCCOc1ccc(-c2csc(NC(=O)[C@H](C)N3C(=O)c4cccc([N+](=O)[O-])c4C3=O)n2)cc1. The van der Waals surface area contributed by atoms with Gasteiger partial charge in [0.05, 0.1) is 22.8 Å². The Bertz CT molecular complexity index is 1290. The van der Waals surface area contributed by atoms with Gasteiger partial charge in [0.25, 0.3) is 17.5 Å². The number of hydrogen-bond donors (Lipinski definition) is 1. The molecule has 0 spiro atoms. The summed E-state index contributed by atoms with van der Waals surface area (Å²) in [5, 5.41) is 16.0. The number of hydrogen-bond acceptors (Lipinski definition) is 8. The molecule has 0 saturated carbocycles. The molecule has 4 rings (SSSR count). The first-order valence-corrected chi connectivity index (χ1v) is 11.3. The molecule has 2 heterocycles. The second-order valence-electron chi connectivity index (χ2n) is 7.51. The number of imide groups is 1. The maximum absolute atomic E-state index is 12.8. The number of benzene rings is 2. The van der Waals surface area contributed by atoms with Gasteiger partial charge >= 0.3 is 0 Å². The maximum Gasteiger partial charge on any atom is 0.282 e. The van der Waals surface area contributed by atoms with Gasteiger partial charge in [0, 0.05) is 17.0 Å². The summed E-state index contributed by atoms with van der Waals surface area (Å²) in [7, 11) is 0. The fourth-order valence-electron chi connectivity index (χ4n) is 3.52. The van der Waals surface area contributed by atoms with Gasteiger partial charge in [0.1, 0.15) is 17.4 Å². The Morgan fingerprint density at radius 3 is 2.62 bits per heavy atom. The zero-order valence-corrected chi connectivity index (χ0v) is 19.1. The van der Waals surface area contributed by atoms with Gasteiger partial charge in [-0.25, -0.2) is 4.98 Å². The number of carbonyl (C=O) groups excluding carboxylic acids is 3. The lowest BCUT2D eigenvalue weighted by atomic mass is 10.1. The van der Waals surface area contributed by atoms with E-state index in [2.05, 4.69) is 10.3 Å². The third-order valence-corrected chi connectivity index (χ3v) is 6.00. The highest BCUT2D eigenvalue weighted by Crippen LogP contribution is 2.32. The molecule has 10 nitrogen and oxygen atoms in total. The van der Waals surface area contributed by atoms with Crippen LogP contribution < -0.4 is 10.1 Å². The minimum atomic E-state index is -1.20. The molecule has 3 aromatic rings. The molecule has 0 fully saturated rings. The molecule has 1 N–H and O–H groups in total. The Morgan fingerprint density at radius 1 is 1.21 bits per heavy atom. The fourth-order valence-corrected chi connectivity index (χ4v) is 4.24. The topological polar surface area (TPSA) is 132 Å². The molecule has 11 heteroatoms. The Labute approximate surface area is 198 Å². The largest absolute Gasteiger partial charge is 0.494 e. The summed E-state index contributed by atoms with van der Waals surface area (Å²) >= 11 is 1.19. The molecule has 0 saturated heterocycles. The molecule has 0 radical (unpaired) electrons. The van der Waals surface area contributed by atoms with Crippen LogP contribution in [0.3, 0.4) is 0 Å². The van der Waals surface area contributed by atoms with E-state index >= 15 is 0 Å². The van der Waals surface area contributed by atoms with Crippen LogP contribution in [0.15, 0.2) is 47.8 Å². The summed E-state index contributed by atoms with van der Waals surface area (Å²) in [5.74, 6) is -1.51. The average molecular weight is 481 g/mol. The molecular weight excluding hydrogens is 460 g/mol. The number of rotatable bonds is 8. The average Bonchev–Trinajstić information content (AvgIpc) is 3.40. The van der Waals surface area contributed by atoms with E-state index in [0.29, 0.717) is 17.4 Å². The number of aromatic nitrogens is 1. The molecule has 174 valence electrons. The predicted molar refractivity (Wildman–Crippen MR) is 125 cm³/mol. The molecule has 3 amide bonds. The van der Waals surface area contributed by atoms with Gasteiger partial charge in [-0.2, -0.15) is 0 Å². The molecular formula is C23H20N4O6S. The molecule has 1 aliphatic heterocycles. The van der Waals surface area contributed by atoms with Crippen molar-refractivity contribution < 1.29 is 24.0 Å². The summed E-state index contributed by atoms with van der Waals surface area (Å²) in [6.07, 6.45) is 0.910. The van der Waals surface area contributed by atoms with Crippen molar-refractivity contribution in [2.75, 3.05) is 11.9 Å². The van der Waals surface area contributed by atoms with E-state index in [1.54, 1.807) is 5.38 Å². The third-order valence-electron chi connectivity index (χ3n) is 5.25. The van der Waals surface area contributed by atoms with E-state index in [1.807, 2.05) is 31.2 Å². The van der Waals surface area contributed by atoms with Gasteiger partial charge in [-0.15, -0.1) is 11.3 Å². The Morgan fingerprint density at radius 2 is 1.94 bits per heavy atom. The van der Waals surface area contributed by atoms with Crippen LogP contribution >= 0.6 is 11.3 Å². The maximum atomic E-state index is 12.8. The van der Waals surface area contributed by atoms with Crippen LogP contribution in [0.4, 0.5) is 10.8 Å². The van der Waals surface area contributed by atoms with Crippen LogP contribution in [0, 0.1) is 10.1 Å². The number of nitrogens with one attached hydrogen (secondary N) is 1. The van der Waals surface area contributed by atoms with Crippen molar-refractivity contribution >= 4 is 39.9 Å². The van der Waals surface area contributed by atoms with Crippen LogP contribution in [0.1, 0.15) is 41.0 Å². The number of nitrogens with zero attached hydrogens (tertiary/aromatic N) is 3. The number of nitro groups is 1. The zero-order valence-electron chi connectivity index (χ0n) is 18.3. The number of amides is 3. The van der Waals surface area contributed by atoms with Gasteiger partial charge in [0.2, 0.25) is 5.91 Å². The number of nitro benzene ring substituents is 1. The van der Waals surface area contributed by atoms with Gasteiger partial charge in [-0.05, 0) is 43.7 Å². The summed E-state index contributed by atoms with van der Waals surface area (Å²) < 4.78 is 5.57. The van der Waals surface area contributed by atoms with Crippen molar-refractivity contribution in [3.63, 3.8) is 0 Å². The van der Waals surface area contributed by atoms with Crippen molar-refractivity contribution in [1.82, 2.24) is 9.88 Å². The van der Waals surface area contributed by atoms with Gasteiger partial charge < -0.3 is 10.1 Å². The highest BCUT2D eigenvalue weighted by Gasteiger charge is 2.44. The van der Waals surface area contributed by atoms with Gasteiger partial charge in [0.15, 0.2) is 5.13 Å². The second kappa shape index (κ2) is 9.40. The number of anilines is 1. The lowest BCUT2D eigenvalue weighted by molar-refractivity contribution is -0.385. The minimum Gasteiger partial charge on any atom is -0.494 e. The van der Waals surface area contributed by atoms with Crippen LogP contribution in [-0.2, 0) is 4.79 Å². The van der Waals surface area contributed by atoms with Crippen molar-refractivity contribution in [1.29, 1.82) is 0 Å². The molecule has 2 aromatic carbocycles. The van der Waals surface area contributed by atoms with Crippen molar-refractivity contribution in [3.8, 4) is 17.0 Å². The second-order valence-corrected chi connectivity index (χ2v) is 8.37. The van der Waals surface area contributed by atoms with Crippen LogP contribution in [0.25, 0.3) is 11.3 Å². The molecule has 0 bridgehead atoms. The number of thiazole rings is 1. The molecule has 1 aliphatic rings. The van der Waals surface area contributed by atoms with E-state index in [-0.39, 0.29) is 11.1 Å². The van der Waals surface area contributed by atoms with E-state index in [0.717, 1.165) is 28.7 Å². The van der Waals surface area contributed by atoms with Crippen molar-refractivity contribution in [3.05, 3.63) is 69.1 Å². The highest BCUT2D eigenvalue weighted by molar-refractivity contribution is 7.14. The quantitative estimate of drug-likeness (QED) is 0.291. The van der Waals surface area contributed by atoms with Gasteiger partial charge in [-0.3, -0.25) is 29.4 Å². The molecule has 0 unspecified atom stereocenters. The number of ether oxygens (including phenoxy) is 1. The molecule has 1 aromatic heterocycles. The van der Waals surface area contributed by atoms with Crippen LogP contribution in [0.2, 0.25) is 0 Å². The Kier molecular flexibility index (Phi) is 6.37. The lowest BCUT2D eigenvalue weighted by Crippen LogP contribution is -2.45. The van der Waals surface area contributed by atoms with Crippen molar-refractivity contribution in [2.45, 2.75) is 26.3 Å². The molecule has 1 atom stereocenters. The van der Waals surface area contributed by atoms with Crippen LogP contribution in [0.5, 0.6) is 5.75 Å². The molecule has 34 heavy (non-hydrogen) atoms. The highest BCUT2D eigenvalue weighted by atomic mass is 32.1. The summed E-state index contributed by atoms with van der Waals surface area (Å²) in [6, 6.07) is 10.0. The third kappa shape index (κ3) is 4.25. The van der Waals surface area contributed by atoms with E-state index < -0.39 is 34.4 Å². The standard InChI is InChI=1S/C23H20N4O6S/c1-3-11-33-15-9-7-14(8-10-15)17-12-34-23(24-17)25-20(28)13(2)26-21(29)16-5-4-6-18(27(31)32)19(16)22(26)30/h4-10,12-13H,3,11H2,1-2H3,(H,24,25,28)/t13-/m0/s1. The van der Waals surface area contributed by atoms with Crippen LogP contribution in [-0.4, -0.2) is 45.2 Å². The van der Waals surface area contributed by atoms with E-state index in [9.17, 15) is 24.5 Å². The predicted octanol–water partition coefficient (Wildman–Crippen LogP) is 4.13. The fraction of sp³-hybridized carbons (Fsp3) is 0.217. The first-order valence-electron chi connectivity index (χ1n) is 10.5. The van der Waals surface area contributed by atoms with Gasteiger partial charge in [-0.1, -0.05) is 13.0 Å². The summed E-state index contributed by atoms with van der Waals surface area (Å²) in [4.78, 5) is 54.1. The summed E-state index contributed by atoms with van der Waals surface area (Å²) in [5.41, 5.74) is 0.607. The summed E-state index contributed by atoms with van der Waals surface area (Å²) in [6.45, 7) is 4.04. The monoisotopic (exact) mass is 480 g/mol. The molecule has 0 aliphatic carbocycles. The normalized spacial score (nSPS) is 13.5. The first kappa shape index (κ1) is 23.1. The van der Waals surface area contributed by atoms with E-state index in [1.165, 1.54) is 30.4 Å². The lowest BCUT2D eigenvalue weighted by Gasteiger charge is -2.20. The smallest absolute Gasteiger partial charge is 0.282 e. The number of carbonyl (C=O) groups is 3. The Hall–Kier alpha value is -4.12. The Balaban J connectivity index is 1.47.